The molecule has 2 aromatic carbocycles. The van der Waals surface area contributed by atoms with Gasteiger partial charge in [0, 0.05) is 72.7 Å². The standard InChI is InChI=1S/C28H33N5O2/c1-2-33(17-5-6-18-34)28(35)27(19-21-20-30-26-8-4-3-7-25(21)26)32-23-11-9-22(10-12-23)31-24-13-15-29-16-14-24/h3-4,7-16,20,27,30,32,34H,2,5-6,17-19H2,1H3,(H,29,31). The molecule has 0 saturated carbocycles. The number of aliphatic hydroxyl groups excluding tert-OH is 1. The summed E-state index contributed by atoms with van der Waals surface area (Å²) >= 11 is 0. The van der Waals surface area contributed by atoms with Crippen LogP contribution in [0.3, 0.4) is 0 Å². The molecule has 0 aliphatic carbocycles. The van der Waals surface area contributed by atoms with Gasteiger partial charge in [-0.05, 0) is 67.8 Å². The number of carbonyl (C=O) groups excluding carboxylic acids is 1. The van der Waals surface area contributed by atoms with Gasteiger partial charge in [-0.3, -0.25) is 9.78 Å². The Kier molecular flexibility index (Phi) is 8.35. The molecular formula is C28H33N5O2. The van der Waals surface area contributed by atoms with Gasteiger partial charge in [-0.25, -0.2) is 0 Å². The van der Waals surface area contributed by atoms with Crippen molar-refractivity contribution in [3.63, 3.8) is 0 Å². The number of hydrogen-bond acceptors (Lipinski definition) is 5. The zero-order valence-electron chi connectivity index (χ0n) is 20.1. The van der Waals surface area contributed by atoms with Gasteiger partial charge in [0.25, 0.3) is 0 Å². The maximum absolute atomic E-state index is 13.6. The van der Waals surface area contributed by atoms with E-state index in [4.69, 9.17) is 5.11 Å². The maximum atomic E-state index is 13.6. The number of para-hydroxylation sites is 1. The van der Waals surface area contributed by atoms with E-state index in [2.05, 4.69) is 26.7 Å². The number of nitrogens with one attached hydrogen (secondary N) is 3. The molecule has 0 radical (unpaired) electrons. The van der Waals surface area contributed by atoms with Crippen molar-refractivity contribution in [2.24, 2.45) is 0 Å². The topological polar surface area (TPSA) is 93.3 Å². The molecule has 0 saturated heterocycles. The molecule has 1 amide bonds. The first-order chi connectivity index (χ1) is 17.2. The summed E-state index contributed by atoms with van der Waals surface area (Å²) in [6.07, 6.45) is 7.53. The van der Waals surface area contributed by atoms with Crippen LogP contribution in [0, 0.1) is 0 Å². The van der Waals surface area contributed by atoms with Crippen LogP contribution >= 0.6 is 0 Å². The second kappa shape index (κ2) is 12.0. The molecular weight excluding hydrogens is 438 g/mol. The van der Waals surface area contributed by atoms with Crippen molar-refractivity contribution in [1.29, 1.82) is 0 Å². The summed E-state index contributed by atoms with van der Waals surface area (Å²) in [4.78, 5) is 22.9. The normalized spacial score (nSPS) is 11.8. The number of likely N-dealkylation sites (N-methyl/N-ethyl adjacent to an activating group) is 1. The monoisotopic (exact) mass is 471 g/mol. The molecule has 2 aromatic heterocycles. The Hall–Kier alpha value is -3.84. The molecule has 0 spiro atoms. The number of amides is 1. The third-order valence-corrected chi connectivity index (χ3v) is 6.12. The Balaban J connectivity index is 1.53. The first kappa shape index (κ1) is 24.3. The number of anilines is 3. The van der Waals surface area contributed by atoms with E-state index in [0.717, 1.165) is 39.9 Å². The van der Waals surface area contributed by atoms with Crippen LogP contribution in [0.5, 0.6) is 0 Å². The number of pyridine rings is 1. The molecule has 182 valence electrons. The van der Waals surface area contributed by atoms with E-state index in [1.807, 2.05) is 72.6 Å². The first-order valence-corrected chi connectivity index (χ1v) is 12.2. The number of nitrogens with zero attached hydrogens (tertiary/aromatic N) is 2. The maximum Gasteiger partial charge on any atom is 0.245 e. The van der Waals surface area contributed by atoms with E-state index in [0.29, 0.717) is 25.9 Å². The highest BCUT2D eigenvalue weighted by atomic mass is 16.3. The lowest BCUT2D eigenvalue weighted by molar-refractivity contribution is -0.131. The number of hydrogen-bond donors (Lipinski definition) is 4. The van der Waals surface area contributed by atoms with E-state index in [9.17, 15) is 4.79 Å². The van der Waals surface area contributed by atoms with Gasteiger partial charge >= 0.3 is 0 Å². The predicted octanol–water partition coefficient (Wildman–Crippen LogP) is 4.95. The van der Waals surface area contributed by atoms with E-state index in [1.165, 1.54) is 0 Å². The second-order valence-electron chi connectivity index (χ2n) is 8.55. The van der Waals surface area contributed by atoms with Gasteiger partial charge < -0.3 is 25.6 Å². The van der Waals surface area contributed by atoms with E-state index >= 15 is 0 Å². The summed E-state index contributed by atoms with van der Waals surface area (Å²) in [7, 11) is 0. The number of rotatable bonds is 12. The smallest absolute Gasteiger partial charge is 0.245 e. The van der Waals surface area contributed by atoms with Crippen molar-refractivity contribution >= 4 is 33.9 Å². The number of fused-ring (bicyclic) bond motifs is 1. The Labute approximate surface area is 206 Å². The molecule has 1 atom stereocenters. The van der Waals surface area contributed by atoms with Crippen molar-refractivity contribution in [1.82, 2.24) is 14.9 Å². The molecule has 2 heterocycles. The highest BCUT2D eigenvalue weighted by Crippen LogP contribution is 2.23. The van der Waals surface area contributed by atoms with Crippen LogP contribution in [-0.4, -0.2) is 51.6 Å². The van der Waals surface area contributed by atoms with Crippen LogP contribution in [0.4, 0.5) is 17.1 Å². The van der Waals surface area contributed by atoms with Gasteiger partial charge in [0.1, 0.15) is 6.04 Å². The number of benzene rings is 2. The van der Waals surface area contributed by atoms with Gasteiger partial charge in [-0.1, -0.05) is 18.2 Å². The number of aromatic nitrogens is 2. The Morgan fingerprint density at radius 3 is 2.46 bits per heavy atom. The second-order valence-corrected chi connectivity index (χ2v) is 8.55. The number of H-pyrrole nitrogens is 1. The van der Waals surface area contributed by atoms with Gasteiger partial charge in [0.05, 0.1) is 0 Å². The highest BCUT2D eigenvalue weighted by Gasteiger charge is 2.25. The minimum Gasteiger partial charge on any atom is -0.396 e. The average Bonchev–Trinajstić information content (AvgIpc) is 3.30. The molecule has 4 rings (SSSR count). The molecule has 0 bridgehead atoms. The van der Waals surface area contributed by atoms with Gasteiger partial charge in [0.2, 0.25) is 5.91 Å². The quantitative estimate of drug-likeness (QED) is 0.219. The van der Waals surface area contributed by atoms with Crippen LogP contribution in [0.1, 0.15) is 25.3 Å². The van der Waals surface area contributed by atoms with Crippen LogP contribution in [0.2, 0.25) is 0 Å². The van der Waals surface area contributed by atoms with Gasteiger partial charge in [-0.2, -0.15) is 0 Å². The number of unbranched alkanes of at least 4 members (excludes halogenated alkanes) is 1. The van der Waals surface area contributed by atoms with Gasteiger partial charge in [-0.15, -0.1) is 0 Å². The molecule has 0 aliphatic rings. The number of carbonyl (C=O) groups is 1. The Morgan fingerprint density at radius 1 is 1.00 bits per heavy atom. The lowest BCUT2D eigenvalue weighted by Crippen LogP contribution is -2.44. The fourth-order valence-corrected chi connectivity index (χ4v) is 4.23. The van der Waals surface area contributed by atoms with E-state index in [-0.39, 0.29) is 12.5 Å². The van der Waals surface area contributed by atoms with Crippen molar-refractivity contribution in [2.75, 3.05) is 30.3 Å². The number of aromatic amines is 1. The summed E-state index contributed by atoms with van der Waals surface area (Å²) in [6.45, 7) is 3.41. The minimum atomic E-state index is -0.415. The minimum absolute atomic E-state index is 0.0645. The first-order valence-electron chi connectivity index (χ1n) is 12.2. The molecule has 0 aliphatic heterocycles. The molecule has 4 N–H and O–H groups in total. The lowest BCUT2D eigenvalue weighted by Gasteiger charge is -2.28. The molecule has 35 heavy (non-hydrogen) atoms. The zero-order chi connectivity index (χ0) is 24.5. The molecule has 1 unspecified atom stereocenters. The van der Waals surface area contributed by atoms with E-state index < -0.39 is 6.04 Å². The largest absolute Gasteiger partial charge is 0.396 e. The fourth-order valence-electron chi connectivity index (χ4n) is 4.23. The third-order valence-electron chi connectivity index (χ3n) is 6.12. The zero-order valence-corrected chi connectivity index (χ0v) is 20.1. The lowest BCUT2D eigenvalue weighted by atomic mass is 10.0. The summed E-state index contributed by atoms with van der Waals surface area (Å²) in [5, 5.41) is 17.1. The van der Waals surface area contributed by atoms with Crippen molar-refractivity contribution in [2.45, 2.75) is 32.2 Å². The molecule has 7 heteroatoms. The summed E-state index contributed by atoms with van der Waals surface area (Å²) in [6, 6.07) is 19.5. The van der Waals surface area contributed by atoms with Crippen molar-refractivity contribution in [3.8, 4) is 0 Å². The Bertz CT molecular complexity index is 1210. The SMILES string of the molecule is CCN(CCCCO)C(=O)C(Cc1c[nH]c2ccccc12)Nc1ccc(Nc2ccncc2)cc1. The third kappa shape index (κ3) is 6.39. The van der Waals surface area contributed by atoms with Crippen LogP contribution in [0.15, 0.2) is 79.3 Å². The Morgan fingerprint density at radius 2 is 1.71 bits per heavy atom. The predicted molar refractivity (Wildman–Crippen MR) is 142 cm³/mol. The molecule has 4 aromatic rings. The average molecular weight is 472 g/mol. The highest BCUT2D eigenvalue weighted by molar-refractivity contribution is 5.88. The van der Waals surface area contributed by atoms with Gasteiger partial charge in [0.15, 0.2) is 0 Å². The summed E-state index contributed by atoms with van der Waals surface area (Å²) < 4.78 is 0. The molecule has 7 nitrogen and oxygen atoms in total. The fraction of sp³-hybridized carbons (Fsp3) is 0.286. The van der Waals surface area contributed by atoms with Crippen LogP contribution in [-0.2, 0) is 11.2 Å². The van der Waals surface area contributed by atoms with Crippen molar-refractivity contribution < 1.29 is 9.90 Å². The van der Waals surface area contributed by atoms with Crippen LogP contribution < -0.4 is 10.6 Å². The molecule has 0 fully saturated rings. The van der Waals surface area contributed by atoms with E-state index in [1.54, 1.807) is 12.4 Å². The van der Waals surface area contributed by atoms with Crippen molar-refractivity contribution in [3.05, 3.63) is 84.8 Å². The number of aliphatic hydroxyl groups is 1. The summed E-state index contributed by atoms with van der Waals surface area (Å²) in [5.74, 6) is 0.0645. The summed E-state index contributed by atoms with van der Waals surface area (Å²) in [5.41, 5.74) is 4.98. The van der Waals surface area contributed by atoms with Crippen LogP contribution in [0.25, 0.3) is 10.9 Å².